The Labute approximate surface area is 111 Å². The molecule has 5 aromatic carbocycles. The topological polar surface area (TPSA) is 12.0 Å². The second kappa shape index (κ2) is 3.25. The van der Waals surface area contributed by atoms with E-state index in [0.717, 1.165) is 13.1 Å². The van der Waals surface area contributed by atoms with Crippen molar-refractivity contribution in [3.05, 3.63) is 59.7 Å². The van der Waals surface area contributed by atoms with Crippen molar-refractivity contribution in [2.24, 2.45) is 0 Å². The van der Waals surface area contributed by atoms with Gasteiger partial charge in [-0.05, 0) is 43.4 Å². The molecular weight excluding hydrogens is 230 g/mol. The fourth-order valence-corrected chi connectivity index (χ4v) is 3.78. The van der Waals surface area contributed by atoms with Gasteiger partial charge in [-0.15, -0.1) is 0 Å². The Hall–Kier alpha value is -2.12. The lowest BCUT2D eigenvalue weighted by Gasteiger charge is -2.18. The molecule has 1 aliphatic heterocycles. The van der Waals surface area contributed by atoms with Crippen LogP contribution in [0.3, 0.4) is 0 Å². The van der Waals surface area contributed by atoms with Crippen LogP contribution in [0.25, 0.3) is 32.3 Å². The van der Waals surface area contributed by atoms with Gasteiger partial charge in [0.1, 0.15) is 0 Å². The highest BCUT2D eigenvalue weighted by Crippen LogP contribution is 2.44. The summed E-state index contributed by atoms with van der Waals surface area (Å²) >= 11 is 0. The number of nitrogens with one attached hydrogen (secondary N) is 1. The van der Waals surface area contributed by atoms with Crippen molar-refractivity contribution in [3.8, 4) is 0 Å². The fourth-order valence-electron chi connectivity index (χ4n) is 3.78. The van der Waals surface area contributed by atoms with Gasteiger partial charge in [-0.25, -0.2) is 0 Å². The molecule has 0 radical (unpaired) electrons. The van der Waals surface area contributed by atoms with Gasteiger partial charge in [0.05, 0.1) is 0 Å². The van der Waals surface area contributed by atoms with Crippen molar-refractivity contribution in [1.82, 2.24) is 5.32 Å². The minimum absolute atomic E-state index is 1.01. The largest absolute Gasteiger partial charge is 0.309 e. The molecule has 0 amide bonds. The molecule has 0 saturated carbocycles. The molecule has 1 N–H and O–H groups in total. The van der Waals surface area contributed by atoms with Crippen LogP contribution in [0.15, 0.2) is 48.5 Å². The predicted octanol–water partition coefficient (Wildman–Crippen LogP) is 4.19. The molecule has 1 heteroatoms. The molecule has 1 heterocycles. The van der Waals surface area contributed by atoms with Gasteiger partial charge in [0.2, 0.25) is 0 Å². The molecule has 0 fully saturated rings. The number of benzene rings is 5. The minimum atomic E-state index is 1.01. The lowest BCUT2D eigenvalue weighted by Crippen LogP contribution is -1.99. The lowest BCUT2D eigenvalue weighted by atomic mass is 9.85. The van der Waals surface area contributed by atoms with Crippen LogP contribution in [0.1, 0.15) is 11.1 Å². The summed E-state index contributed by atoms with van der Waals surface area (Å²) in [5.41, 5.74) is 3.04. The summed E-state index contributed by atoms with van der Waals surface area (Å²) in [4.78, 5) is 0. The monoisotopic (exact) mass is 243 g/mol. The zero-order valence-corrected chi connectivity index (χ0v) is 10.5. The van der Waals surface area contributed by atoms with E-state index in [4.69, 9.17) is 0 Å². The van der Waals surface area contributed by atoms with E-state index >= 15 is 0 Å². The average Bonchev–Trinajstić information content (AvgIpc) is 2.96. The summed E-state index contributed by atoms with van der Waals surface area (Å²) < 4.78 is 0. The number of rotatable bonds is 0. The van der Waals surface area contributed by atoms with E-state index in [9.17, 15) is 0 Å². The van der Waals surface area contributed by atoms with Crippen LogP contribution >= 0.6 is 0 Å². The molecule has 90 valence electrons. The van der Waals surface area contributed by atoms with Crippen molar-refractivity contribution < 1.29 is 0 Å². The zero-order chi connectivity index (χ0) is 12.4. The number of hydrogen-bond acceptors (Lipinski definition) is 1. The van der Waals surface area contributed by atoms with Gasteiger partial charge in [0, 0.05) is 13.1 Å². The minimum Gasteiger partial charge on any atom is -0.309 e. The summed E-state index contributed by atoms with van der Waals surface area (Å²) in [6.45, 7) is 2.02. The van der Waals surface area contributed by atoms with Crippen LogP contribution in [0, 0.1) is 0 Å². The Balaban J connectivity index is 2.25. The highest BCUT2D eigenvalue weighted by Gasteiger charge is 2.23. The maximum Gasteiger partial charge on any atom is 0.0218 e. The standard InChI is InChI=1S/C18H13N/c1-2-6-12-11(5-1)17-13-7-3-4-8-14(13)18(12)16-10-19-9-15(16)17/h1-8,19H,9-10H2. The molecule has 5 aromatic rings. The van der Waals surface area contributed by atoms with Crippen LogP contribution in [0.5, 0.6) is 0 Å². The summed E-state index contributed by atoms with van der Waals surface area (Å²) in [5, 5.41) is 12.1. The first-order valence-electron chi connectivity index (χ1n) is 6.82. The molecule has 0 spiro atoms. The van der Waals surface area contributed by atoms with E-state index in [2.05, 4.69) is 53.8 Å². The van der Waals surface area contributed by atoms with Crippen LogP contribution in [-0.4, -0.2) is 0 Å². The van der Waals surface area contributed by atoms with Gasteiger partial charge >= 0.3 is 0 Å². The Morgan fingerprint density at radius 1 is 0.579 bits per heavy atom. The Morgan fingerprint density at radius 3 is 1.32 bits per heavy atom. The van der Waals surface area contributed by atoms with Crippen LogP contribution in [0.2, 0.25) is 0 Å². The van der Waals surface area contributed by atoms with Gasteiger partial charge in [-0.1, -0.05) is 48.5 Å². The first-order chi connectivity index (χ1) is 9.45. The molecule has 0 aliphatic carbocycles. The summed E-state index contributed by atoms with van der Waals surface area (Å²) in [6.07, 6.45) is 0. The molecule has 1 aliphatic rings. The first kappa shape index (κ1) is 9.76. The second-order valence-electron chi connectivity index (χ2n) is 5.40. The van der Waals surface area contributed by atoms with E-state index in [-0.39, 0.29) is 0 Å². The third-order valence-electron chi connectivity index (χ3n) is 4.50. The molecule has 1 nitrogen and oxygen atoms in total. The van der Waals surface area contributed by atoms with Crippen molar-refractivity contribution in [1.29, 1.82) is 0 Å². The van der Waals surface area contributed by atoms with Gasteiger partial charge in [0.25, 0.3) is 0 Å². The number of hydrogen-bond donors (Lipinski definition) is 1. The summed E-state index contributed by atoms with van der Waals surface area (Å²) in [5.74, 6) is 0. The quantitative estimate of drug-likeness (QED) is 0.457. The predicted molar refractivity (Wildman–Crippen MR) is 80.7 cm³/mol. The summed E-state index contributed by atoms with van der Waals surface area (Å²) in [6, 6.07) is 17.7. The zero-order valence-electron chi connectivity index (χ0n) is 10.5. The Kier molecular flexibility index (Phi) is 1.67. The van der Waals surface area contributed by atoms with Crippen molar-refractivity contribution in [2.75, 3.05) is 0 Å². The third-order valence-corrected chi connectivity index (χ3v) is 4.50. The second-order valence-corrected chi connectivity index (χ2v) is 5.40. The SMILES string of the molecule is c1ccc2c(c1)c1c3c(c2c2ccccc21)CNC3. The maximum atomic E-state index is 3.52. The lowest BCUT2D eigenvalue weighted by molar-refractivity contribution is 0.768. The Bertz CT molecular complexity index is 800. The van der Waals surface area contributed by atoms with E-state index in [1.807, 2.05) is 0 Å². The first-order valence-corrected chi connectivity index (χ1v) is 6.82. The summed E-state index contributed by atoms with van der Waals surface area (Å²) in [7, 11) is 0. The molecule has 6 rings (SSSR count). The fraction of sp³-hybridized carbons (Fsp3) is 0.111. The van der Waals surface area contributed by atoms with Gasteiger partial charge in [-0.2, -0.15) is 0 Å². The molecule has 19 heavy (non-hydrogen) atoms. The van der Waals surface area contributed by atoms with Crippen molar-refractivity contribution in [2.45, 2.75) is 13.1 Å². The molecule has 0 saturated heterocycles. The molecule has 2 bridgehead atoms. The van der Waals surface area contributed by atoms with Gasteiger partial charge in [0.15, 0.2) is 0 Å². The van der Waals surface area contributed by atoms with Crippen LogP contribution < -0.4 is 5.32 Å². The van der Waals surface area contributed by atoms with Crippen molar-refractivity contribution in [3.63, 3.8) is 0 Å². The Morgan fingerprint density at radius 2 is 0.947 bits per heavy atom. The third kappa shape index (κ3) is 1.05. The maximum absolute atomic E-state index is 3.52. The van der Waals surface area contributed by atoms with Gasteiger partial charge in [-0.3, -0.25) is 0 Å². The van der Waals surface area contributed by atoms with E-state index in [1.54, 1.807) is 0 Å². The molecule has 0 aromatic heterocycles. The normalized spacial score (nSPS) is 14.7. The van der Waals surface area contributed by atoms with Gasteiger partial charge < -0.3 is 5.32 Å². The molecule has 0 atom stereocenters. The van der Waals surface area contributed by atoms with Crippen molar-refractivity contribution >= 4 is 32.3 Å². The van der Waals surface area contributed by atoms with E-state index < -0.39 is 0 Å². The smallest absolute Gasteiger partial charge is 0.0218 e. The van der Waals surface area contributed by atoms with E-state index in [1.165, 1.54) is 43.4 Å². The van der Waals surface area contributed by atoms with E-state index in [0.29, 0.717) is 0 Å². The van der Waals surface area contributed by atoms with Crippen LogP contribution in [-0.2, 0) is 13.1 Å². The van der Waals surface area contributed by atoms with Crippen LogP contribution in [0.4, 0.5) is 0 Å². The highest BCUT2D eigenvalue weighted by molar-refractivity contribution is 6.29. The molecular formula is C18H13N. The highest BCUT2D eigenvalue weighted by atomic mass is 14.9. The molecule has 0 unspecified atom stereocenters. The average molecular weight is 243 g/mol.